The third-order valence-electron chi connectivity index (χ3n) is 2.24. The van der Waals surface area contributed by atoms with Gasteiger partial charge in [0.1, 0.15) is 0 Å². The molecular formula is C12H12FN3. The van der Waals surface area contributed by atoms with Crippen LogP contribution in [-0.4, -0.2) is 9.97 Å². The summed E-state index contributed by atoms with van der Waals surface area (Å²) in [6.07, 6.45) is 3.17. The largest absolute Gasteiger partial charge is 0.377 e. The third kappa shape index (κ3) is 2.53. The minimum Gasteiger partial charge on any atom is -0.377 e. The first-order valence-electron chi connectivity index (χ1n) is 5.05. The summed E-state index contributed by atoms with van der Waals surface area (Å²) in [6.45, 7) is 1.97. The Morgan fingerprint density at radius 3 is 2.75 bits per heavy atom. The van der Waals surface area contributed by atoms with E-state index in [4.69, 9.17) is 0 Å². The maximum Gasteiger partial charge on any atom is 0.214 e. The summed E-state index contributed by atoms with van der Waals surface area (Å²) in [5.74, 6) is -0.488. The zero-order valence-corrected chi connectivity index (χ0v) is 8.89. The molecule has 1 atom stereocenters. The molecule has 1 N–H and O–H groups in total. The van der Waals surface area contributed by atoms with Crippen LogP contribution in [0.1, 0.15) is 18.7 Å². The highest BCUT2D eigenvalue weighted by molar-refractivity contribution is 5.43. The monoisotopic (exact) mass is 217 g/mol. The van der Waals surface area contributed by atoms with E-state index in [9.17, 15) is 4.39 Å². The second-order valence-corrected chi connectivity index (χ2v) is 3.49. The minimum absolute atomic E-state index is 0.0306. The van der Waals surface area contributed by atoms with Crippen molar-refractivity contribution in [3.05, 3.63) is 54.4 Å². The van der Waals surface area contributed by atoms with Crippen LogP contribution in [0.3, 0.4) is 0 Å². The molecule has 0 radical (unpaired) electrons. The topological polar surface area (TPSA) is 37.8 Å². The molecule has 2 aromatic heterocycles. The highest BCUT2D eigenvalue weighted by Crippen LogP contribution is 2.16. The fourth-order valence-corrected chi connectivity index (χ4v) is 1.45. The molecule has 0 aliphatic carbocycles. The molecule has 2 rings (SSSR count). The molecule has 0 aliphatic rings. The van der Waals surface area contributed by atoms with E-state index in [0.29, 0.717) is 5.69 Å². The first kappa shape index (κ1) is 10.5. The van der Waals surface area contributed by atoms with Crippen LogP contribution in [0.5, 0.6) is 0 Å². The fourth-order valence-electron chi connectivity index (χ4n) is 1.45. The van der Waals surface area contributed by atoms with E-state index in [1.165, 1.54) is 12.3 Å². The molecule has 2 heterocycles. The average molecular weight is 217 g/mol. The van der Waals surface area contributed by atoms with Crippen LogP contribution >= 0.6 is 0 Å². The summed E-state index contributed by atoms with van der Waals surface area (Å²) in [7, 11) is 0. The van der Waals surface area contributed by atoms with Gasteiger partial charge in [-0.25, -0.2) is 4.98 Å². The predicted octanol–water partition coefficient (Wildman–Crippen LogP) is 2.79. The Morgan fingerprint density at radius 1 is 1.19 bits per heavy atom. The molecule has 82 valence electrons. The van der Waals surface area contributed by atoms with Crippen molar-refractivity contribution in [2.24, 2.45) is 0 Å². The number of pyridine rings is 2. The Hall–Kier alpha value is -1.97. The van der Waals surface area contributed by atoms with Crippen LogP contribution < -0.4 is 5.32 Å². The average Bonchev–Trinajstić information content (AvgIpc) is 2.30. The molecular weight excluding hydrogens is 205 g/mol. The van der Waals surface area contributed by atoms with E-state index < -0.39 is 5.95 Å². The normalized spacial score (nSPS) is 12.1. The van der Waals surface area contributed by atoms with E-state index >= 15 is 0 Å². The minimum atomic E-state index is -0.488. The summed E-state index contributed by atoms with van der Waals surface area (Å²) < 4.78 is 12.9. The van der Waals surface area contributed by atoms with Crippen molar-refractivity contribution in [3.63, 3.8) is 0 Å². The van der Waals surface area contributed by atoms with Gasteiger partial charge in [-0.05, 0) is 25.1 Å². The Bertz CT molecular complexity index is 459. The number of nitrogens with one attached hydrogen (secondary N) is 1. The lowest BCUT2D eigenvalue weighted by Gasteiger charge is -2.14. The SMILES string of the molecule is CC(Nc1ccnc(F)c1)c1ccccn1. The molecule has 0 spiro atoms. The number of rotatable bonds is 3. The highest BCUT2D eigenvalue weighted by Gasteiger charge is 2.06. The van der Waals surface area contributed by atoms with Gasteiger partial charge in [-0.3, -0.25) is 4.98 Å². The molecule has 1 unspecified atom stereocenters. The molecule has 0 saturated heterocycles. The summed E-state index contributed by atoms with van der Waals surface area (Å²) in [5.41, 5.74) is 1.62. The van der Waals surface area contributed by atoms with Crippen molar-refractivity contribution in [2.45, 2.75) is 13.0 Å². The summed E-state index contributed by atoms with van der Waals surface area (Å²) >= 11 is 0. The maximum atomic E-state index is 12.9. The van der Waals surface area contributed by atoms with Gasteiger partial charge in [0.25, 0.3) is 0 Å². The Labute approximate surface area is 93.4 Å². The van der Waals surface area contributed by atoms with Gasteiger partial charge >= 0.3 is 0 Å². The first-order valence-corrected chi connectivity index (χ1v) is 5.05. The standard InChI is InChI=1S/C12H12FN3/c1-9(11-4-2-3-6-14-11)16-10-5-7-15-12(13)8-10/h2-9H,1H3,(H,15,16). The van der Waals surface area contributed by atoms with Gasteiger partial charge in [0.05, 0.1) is 11.7 Å². The third-order valence-corrected chi connectivity index (χ3v) is 2.24. The molecule has 0 aliphatic heterocycles. The van der Waals surface area contributed by atoms with Gasteiger partial charge in [-0.15, -0.1) is 0 Å². The number of nitrogens with zero attached hydrogens (tertiary/aromatic N) is 2. The van der Waals surface area contributed by atoms with Gasteiger partial charge in [0.15, 0.2) is 0 Å². The van der Waals surface area contributed by atoms with E-state index in [1.807, 2.05) is 25.1 Å². The maximum absolute atomic E-state index is 12.9. The number of aromatic nitrogens is 2. The Kier molecular flexibility index (Phi) is 3.10. The van der Waals surface area contributed by atoms with Crippen LogP contribution in [0.25, 0.3) is 0 Å². The van der Waals surface area contributed by atoms with E-state index in [-0.39, 0.29) is 6.04 Å². The van der Waals surface area contributed by atoms with Gasteiger partial charge in [0.2, 0.25) is 5.95 Å². The fraction of sp³-hybridized carbons (Fsp3) is 0.167. The molecule has 4 heteroatoms. The Morgan fingerprint density at radius 2 is 2.06 bits per heavy atom. The number of hydrogen-bond acceptors (Lipinski definition) is 3. The van der Waals surface area contributed by atoms with E-state index in [2.05, 4.69) is 15.3 Å². The first-order chi connectivity index (χ1) is 7.75. The summed E-state index contributed by atoms with van der Waals surface area (Å²) in [5, 5.41) is 3.16. The number of hydrogen-bond donors (Lipinski definition) is 1. The van der Waals surface area contributed by atoms with Crippen molar-refractivity contribution in [2.75, 3.05) is 5.32 Å². The van der Waals surface area contributed by atoms with E-state index in [1.54, 1.807) is 12.3 Å². The van der Waals surface area contributed by atoms with Crippen molar-refractivity contribution >= 4 is 5.69 Å². The van der Waals surface area contributed by atoms with Gasteiger partial charge in [-0.2, -0.15) is 4.39 Å². The van der Waals surface area contributed by atoms with Crippen molar-refractivity contribution in [1.29, 1.82) is 0 Å². The van der Waals surface area contributed by atoms with Crippen LogP contribution in [-0.2, 0) is 0 Å². The van der Waals surface area contributed by atoms with Crippen molar-refractivity contribution in [3.8, 4) is 0 Å². The van der Waals surface area contributed by atoms with Gasteiger partial charge < -0.3 is 5.32 Å². The van der Waals surface area contributed by atoms with Crippen LogP contribution in [0.2, 0.25) is 0 Å². The van der Waals surface area contributed by atoms with Gasteiger partial charge in [-0.1, -0.05) is 6.07 Å². The highest BCUT2D eigenvalue weighted by atomic mass is 19.1. The lowest BCUT2D eigenvalue weighted by Crippen LogP contribution is -2.08. The molecule has 0 fully saturated rings. The number of anilines is 1. The summed E-state index contributed by atoms with van der Waals surface area (Å²) in [4.78, 5) is 7.72. The van der Waals surface area contributed by atoms with E-state index in [0.717, 1.165) is 5.69 Å². The molecule has 0 saturated carbocycles. The second-order valence-electron chi connectivity index (χ2n) is 3.49. The molecule has 0 bridgehead atoms. The molecule has 0 amide bonds. The molecule has 2 aromatic rings. The van der Waals surface area contributed by atoms with Crippen molar-refractivity contribution < 1.29 is 4.39 Å². The van der Waals surface area contributed by atoms with Gasteiger partial charge in [0, 0.05) is 24.1 Å². The zero-order chi connectivity index (χ0) is 11.4. The summed E-state index contributed by atoms with van der Waals surface area (Å²) in [6, 6.07) is 8.83. The molecule has 0 aromatic carbocycles. The smallest absolute Gasteiger partial charge is 0.214 e. The Balaban J connectivity index is 2.11. The predicted molar refractivity (Wildman–Crippen MR) is 60.5 cm³/mol. The molecule has 16 heavy (non-hydrogen) atoms. The van der Waals surface area contributed by atoms with Crippen LogP contribution in [0.15, 0.2) is 42.7 Å². The lowest BCUT2D eigenvalue weighted by atomic mass is 10.2. The second kappa shape index (κ2) is 4.70. The lowest BCUT2D eigenvalue weighted by molar-refractivity contribution is 0.584. The van der Waals surface area contributed by atoms with Crippen LogP contribution in [0, 0.1) is 5.95 Å². The van der Waals surface area contributed by atoms with Crippen LogP contribution in [0.4, 0.5) is 10.1 Å². The number of halogens is 1. The quantitative estimate of drug-likeness (QED) is 0.803. The van der Waals surface area contributed by atoms with Crippen molar-refractivity contribution in [1.82, 2.24) is 9.97 Å². The zero-order valence-electron chi connectivity index (χ0n) is 8.89. The molecule has 3 nitrogen and oxygen atoms in total.